The summed E-state index contributed by atoms with van der Waals surface area (Å²) in [6, 6.07) is 2.59. The Morgan fingerprint density at radius 3 is 2.00 bits per heavy atom. The van der Waals surface area contributed by atoms with E-state index in [1.165, 1.54) is 90.1 Å². The van der Waals surface area contributed by atoms with Gasteiger partial charge >= 0.3 is 0 Å². The van der Waals surface area contributed by atoms with Gasteiger partial charge in [0.2, 0.25) is 0 Å². The predicted octanol–water partition coefficient (Wildman–Crippen LogP) is 7.26. The summed E-state index contributed by atoms with van der Waals surface area (Å²) < 4.78 is 0. The standard InChI is InChI=1S/C25H41N.C2H6/c1-5-17-26(4)18-9-7-8-16-25(3,6-2)24-22-14-10-12-20(22)19-21-13-11-15-23(21)24;1-2/h19H,5-18H2,1-4H3;1-2H3. The molecule has 0 aliphatic heterocycles. The van der Waals surface area contributed by atoms with E-state index in [9.17, 15) is 0 Å². The molecule has 0 aromatic heterocycles. The van der Waals surface area contributed by atoms with E-state index < -0.39 is 0 Å². The topological polar surface area (TPSA) is 3.24 Å². The van der Waals surface area contributed by atoms with Crippen LogP contribution in [0.3, 0.4) is 0 Å². The molecule has 0 saturated carbocycles. The van der Waals surface area contributed by atoms with Gasteiger partial charge in [0.05, 0.1) is 0 Å². The van der Waals surface area contributed by atoms with E-state index >= 15 is 0 Å². The van der Waals surface area contributed by atoms with Gasteiger partial charge in [-0.2, -0.15) is 0 Å². The molecule has 0 amide bonds. The monoisotopic (exact) mass is 385 g/mol. The second kappa shape index (κ2) is 11.4. The van der Waals surface area contributed by atoms with E-state index in [4.69, 9.17) is 0 Å². The number of hydrogen-bond acceptors (Lipinski definition) is 1. The fourth-order valence-electron chi connectivity index (χ4n) is 5.59. The van der Waals surface area contributed by atoms with Crippen LogP contribution in [0.2, 0.25) is 0 Å². The molecule has 1 aromatic rings. The van der Waals surface area contributed by atoms with Gasteiger partial charge < -0.3 is 4.90 Å². The van der Waals surface area contributed by atoms with E-state index in [-0.39, 0.29) is 0 Å². The van der Waals surface area contributed by atoms with E-state index in [2.05, 4.69) is 38.8 Å². The van der Waals surface area contributed by atoms with Gasteiger partial charge in [0.1, 0.15) is 0 Å². The lowest BCUT2D eigenvalue weighted by Gasteiger charge is -2.34. The van der Waals surface area contributed by atoms with Gasteiger partial charge in [0.15, 0.2) is 0 Å². The van der Waals surface area contributed by atoms with Crippen molar-refractivity contribution in [3.8, 4) is 0 Å². The van der Waals surface area contributed by atoms with Gasteiger partial charge in [-0.15, -0.1) is 0 Å². The minimum Gasteiger partial charge on any atom is -0.306 e. The highest BCUT2D eigenvalue weighted by Gasteiger charge is 2.34. The van der Waals surface area contributed by atoms with Gasteiger partial charge in [0, 0.05) is 0 Å². The zero-order valence-corrected chi connectivity index (χ0v) is 19.9. The number of hydrogen-bond donors (Lipinski definition) is 0. The van der Waals surface area contributed by atoms with Gasteiger partial charge in [0.25, 0.3) is 0 Å². The Balaban J connectivity index is 0.00000136. The number of unbranched alkanes of at least 4 members (excludes halogenated alkanes) is 2. The van der Waals surface area contributed by atoms with E-state index in [0.717, 1.165) is 0 Å². The van der Waals surface area contributed by atoms with Crippen molar-refractivity contribution in [1.29, 1.82) is 0 Å². The SMILES string of the molecule is CC.CCCN(C)CCCCCC(C)(CC)c1c2c(cc3c1CCC3)CCC2. The van der Waals surface area contributed by atoms with Crippen LogP contribution in [0.4, 0.5) is 0 Å². The van der Waals surface area contributed by atoms with Crippen molar-refractivity contribution in [2.75, 3.05) is 20.1 Å². The van der Waals surface area contributed by atoms with Gasteiger partial charge in [-0.25, -0.2) is 0 Å². The molecule has 0 spiro atoms. The maximum absolute atomic E-state index is 2.59. The number of rotatable bonds is 10. The van der Waals surface area contributed by atoms with Crippen LogP contribution in [0.15, 0.2) is 6.07 Å². The molecular formula is C27H47N. The summed E-state index contributed by atoms with van der Waals surface area (Å²) in [7, 11) is 2.27. The largest absolute Gasteiger partial charge is 0.306 e. The highest BCUT2D eigenvalue weighted by molar-refractivity contribution is 5.53. The third-order valence-electron chi connectivity index (χ3n) is 7.23. The first-order valence-electron chi connectivity index (χ1n) is 12.4. The van der Waals surface area contributed by atoms with Crippen LogP contribution in [0.25, 0.3) is 0 Å². The fraction of sp³-hybridized carbons (Fsp3) is 0.778. The molecule has 3 rings (SSSR count). The molecule has 0 heterocycles. The van der Waals surface area contributed by atoms with Crippen LogP contribution in [-0.4, -0.2) is 25.0 Å². The highest BCUT2D eigenvalue weighted by atomic mass is 15.1. The number of aryl methyl sites for hydroxylation is 2. The van der Waals surface area contributed by atoms with Crippen LogP contribution >= 0.6 is 0 Å². The lowest BCUT2D eigenvalue weighted by atomic mass is 9.71. The molecule has 0 saturated heterocycles. The lowest BCUT2D eigenvalue weighted by molar-refractivity contribution is 0.318. The average molecular weight is 386 g/mol. The zero-order valence-electron chi connectivity index (χ0n) is 19.9. The third kappa shape index (κ3) is 5.41. The first-order chi connectivity index (χ1) is 13.6. The maximum atomic E-state index is 2.59. The summed E-state index contributed by atoms with van der Waals surface area (Å²) in [6.07, 6.45) is 16.2. The second-order valence-corrected chi connectivity index (χ2v) is 9.26. The molecule has 1 nitrogen and oxygen atoms in total. The Morgan fingerprint density at radius 1 is 0.857 bits per heavy atom. The Hall–Kier alpha value is -0.820. The Kier molecular flexibility index (Phi) is 9.54. The van der Waals surface area contributed by atoms with Crippen LogP contribution in [-0.2, 0) is 31.1 Å². The lowest BCUT2D eigenvalue weighted by Crippen LogP contribution is -2.25. The molecule has 28 heavy (non-hydrogen) atoms. The normalized spacial score (nSPS) is 17.1. The van der Waals surface area contributed by atoms with Crippen LogP contribution in [0, 0.1) is 0 Å². The molecule has 0 N–H and O–H groups in total. The molecule has 2 aliphatic carbocycles. The summed E-state index contributed by atoms with van der Waals surface area (Å²) in [4.78, 5) is 2.50. The average Bonchev–Trinajstić information content (AvgIpc) is 3.36. The van der Waals surface area contributed by atoms with E-state index in [1.807, 2.05) is 19.4 Å². The van der Waals surface area contributed by atoms with Crippen molar-refractivity contribution in [2.24, 2.45) is 0 Å². The molecule has 0 fully saturated rings. The fourth-order valence-corrected chi connectivity index (χ4v) is 5.59. The summed E-state index contributed by atoms with van der Waals surface area (Å²) >= 11 is 0. The zero-order chi connectivity index (χ0) is 20.6. The summed E-state index contributed by atoms with van der Waals surface area (Å²) in [5.41, 5.74) is 9.20. The third-order valence-corrected chi connectivity index (χ3v) is 7.23. The molecule has 0 radical (unpaired) electrons. The molecular weight excluding hydrogens is 338 g/mol. The molecule has 2 aliphatic rings. The minimum absolute atomic E-state index is 0.402. The second-order valence-electron chi connectivity index (χ2n) is 9.26. The Labute approximate surface area is 176 Å². The molecule has 1 heteroatoms. The quantitative estimate of drug-likeness (QED) is 0.383. The predicted molar refractivity (Wildman–Crippen MR) is 126 cm³/mol. The van der Waals surface area contributed by atoms with Gasteiger partial charge in [-0.05, 0) is 118 Å². The van der Waals surface area contributed by atoms with Crippen LogP contribution in [0.1, 0.15) is 114 Å². The molecule has 1 unspecified atom stereocenters. The van der Waals surface area contributed by atoms with E-state index in [1.54, 1.807) is 22.3 Å². The van der Waals surface area contributed by atoms with Crippen molar-refractivity contribution < 1.29 is 0 Å². The summed E-state index contributed by atoms with van der Waals surface area (Å²) in [6.45, 7) is 13.8. The van der Waals surface area contributed by atoms with Crippen LogP contribution in [0.5, 0.6) is 0 Å². The summed E-state index contributed by atoms with van der Waals surface area (Å²) in [5.74, 6) is 0. The number of benzene rings is 1. The first-order valence-corrected chi connectivity index (χ1v) is 12.4. The molecule has 1 atom stereocenters. The highest BCUT2D eigenvalue weighted by Crippen LogP contribution is 2.44. The number of fused-ring (bicyclic) bond motifs is 2. The van der Waals surface area contributed by atoms with Gasteiger partial charge in [-0.3, -0.25) is 0 Å². The summed E-state index contributed by atoms with van der Waals surface area (Å²) in [5, 5.41) is 0. The minimum atomic E-state index is 0.402. The van der Waals surface area contributed by atoms with Crippen LogP contribution < -0.4 is 0 Å². The van der Waals surface area contributed by atoms with Crippen molar-refractivity contribution in [2.45, 2.75) is 117 Å². The smallest absolute Gasteiger partial charge is 0.00218 e. The van der Waals surface area contributed by atoms with Crippen molar-refractivity contribution in [3.05, 3.63) is 33.9 Å². The first kappa shape index (κ1) is 23.5. The van der Waals surface area contributed by atoms with E-state index in [0.29, 0.717) is 5.41 Å². The van der Waals surface area contributed by atoms with Crippen molar-refractivity contribution in [3.63, 3.8) is 0 Å². The van der Waals surface area contributed by atoms with Crippen molar-refractivity contribution >= 4 is 0 Å². The number of nitrogens with zero attached hydrogens (tertiary/aromatic N) is 1. The Bertz CT molecular complexity index is 571. The van der Waals surface area contributed by atoms with Crippen molar-refractivity contribution in [1.82, 2.24) is 4.90 Å². The van der Waals surface area contributed by atoms with Gasteiger partial charge in [-0.1, -0.05) is 53.5 Å². The maximum Gasteiger partial charge on any atom is -0.00218 e. The molecule has 0 bridgehead atoms. The Morgan fingerprint density at radius 2 is 1.46 bits per heavy atom. The molecule has 160 valence electrons. The molecule has 1 aromatic carbocycles.